The summed E-state index contributed by atoms with van der Waals surface area (Å²) in [5, 5.41) is 2.24. The highest BCUT2D eigenvalue weighted by atomic mass is 16.5. The highest BCUT2D eigenvalue weighted by Crippen LogP contribution is 2.18. The number of hydrogen-bond acceptors (Lipinski definition) is 5. The fraction of sp³-hybridized carbons (Fsp3) is 0.500. The van der Waals surface area contributed by atoms with E-state index < -0.39 is 6.09 Å². The Morgan fingerprint density at radius 3 is 2.43 bits per heavy atom. The zero-order valence-corrected chi connectivity index (χ0v) is 13.6. The van der Waals surface area contributed by atoms with Crippen LogP contribution >= 0.6 is 0 Å². The van der Waals surface area contributed by atoms with Crippen molar-refractivity contribution in [2.45, 2.75) is 6.92 Å². The Kier molecular flexibility index (Phi) is 6.22. The number of carbonyl (C=O) groups is 2. The first-order valence-electron chi connectivity index (χ1n) is 7.81. The van der Waals surface area contributed by atoms with Crippen molar-refractivity contribution in [1.29, 1.82) is 0 Å². The second-order valence-electron chi connectivity index (χ2n) is 5.38. The Morgan fingerprint density at radius 2 is 1.87 bits per heavy atom. The SMILES string of the molecule is CCOC(=O)NC(=O)C[NH+]1CCN(c2ccc(OC)cc2)CC1. The minimum absolute atomic E-state index is 0.256. The number of piperazine rings is 1. The van der Waals surface area contributed by atoms with Crippen molar-refractivity contribution in [2.75, 3.05) is 51.3 Å². The van der Waals surface area contributed by atoms with Crippen LogP contribution < -0.4 is 19.9 Å². The summed E-state index contributed by atoms with van der Waals surface area (Å²) in [5.74, 6) is 0.546. The number of hydrogen-bond donors (Lipinski definition) is 2. The average Bonchev–Trinajstić information content (AvgIpc) is 2.56. The van der Waals surface area contributed by atoms with Crippen LogP contribution in [-0.2, 0) is 9.53 Å². The van der Waals surface area contributed by atoms with Gasteiger partial charge in [-0.1, -0.05) is 0 Å². The third kappa shape index (κ3) is 5.14. The van der Waals surface area contributed by atoms with E-state index in [0.717, 1.165) is 42.5 Å². The number of anilines is 1. The average molecular weight is 322 g/mol. The van der Waals surface area contributed by atoms with E-state index in [-0.39, 0.29) is 19.1 Å². The van der Waals surface area contributed by atoms with Gasteiger partial charge in [-0.15, -0.1) is 0 Å². The van der Waals surface area contributed by atoms with Gasteiger partial charge in [0.2, 0.25) is 0 Å². The monoisotopic (exact) mass is 322 g/mol. The highest BCUT2D eigenvalue weighted by molar-refractivity contribution is 5.92. The fourth-order valence-electron chi connectivity index (χ4n) is 2.60. The van der Waals surface area contributed by atoms with Crippen LogP contribution in [0.5, 0.6) is 5.75 Å². The molecular weight excluding hydrogens is 298 g/mol. The van der Waals surface area contributed by atoms with E-state index in [4.69, 9.17) is 9.47 Å². The van der Waals surface area contributed by atoms with E-state index in [1.165, 1.54) is 0 Å². The highest BCUT2D eigenvalue weighted by Gasteiger charge is 2.23. The first kappa shape index (κ1) is 17.1. The van der Waals surface area contributed by atoms with Gasteiger partial charge in [-0.25, -0.2) is 4.79 Å². The summed E-state index contributed by atoms with van der Waals surface area (Å²) in [5.41, 5.74) is 1.15. The Labute approximate surface area is 136 Å². The molecule has 0 bridgehead atoms. The van der Waals surface area contributed by atoms with Crippen molar-refractivity contribution in [3.63, 3.8) is 0 Å². The summed E-state index contributed by atoms with van der Waals surface area (Å²) in [6, 6.07) is 7.97. The molecule has 0 aromatic heterocycles. The molecule has 2 amide bonds. The molecule has 2 N–H and O–H groups in total. The summed E-state index contributed by atoms with van der Waals surface area (Å²) in [7, 11) is 1.65. The number of alkyl carbamates (subject to hydrolysis) is 1. The van der Waals surface area contributed by atoms with Crippen molar-refractivity contribution in [1.82, 2.24) is 5.32 Å². The summed E-state index contributed by atoms with van der Waals surface area (Å²) in [6.07, 6.45) is -0.672. The van der Waals surface area contributed by atoms with Crippen LogP contribution in [-0.4, -0.2) is 58.4 Å². The number of nitrogens with zero attached hydrogens (tertiary/aromatic N) is 1. The first-order chi connectivity index (χ1) is 11.1. The Balaban J connectivity index is 1.77. The number of rotatable bonds is 5. The van der Waals surface area contributed by atoms with Crippen LogP contribution in [0.3, 0.4) is 0 Å². The third-order valence-corrected chi connectivity index (χ3v) is 3.84. The number of methoxy groups -OCH3 is 1. The predicted octanol–water partition coefficient (Wildman–Crippen LogP) is -0.327. The molecule has 23 heavy (non-hydrogen) atoms. The first-order valence-corrected chi connectivity index (χ1v) is 7.81. The lowest BCUT2D eigenvalue weighted by Gasteiger charge is -2.33. The van der Waals surface area contributed by atoms with Crippen LogP contribution in [0, 0.1) is 0 Å². The zero-order valence-electron chi connectivity index (χ0n) is 13.6. The largest absolute Gasteiger partial charge is 0.497 e. The summed E-state index contributed by atoms with van der Waals surface area (Å²) < 4.78 is 9.86. The minimum atomic E-state index is -0.672. The molecule has 7 heteroatoms. The molecule has 0 saturated carbocycles. The van der Waals surface area contributed by atoms with Gasteiger partial charge in [0.05, 0.1) is 39.9 Å². The molecule has 0 spiro atoms. The van der Waals surface area contributed by atoms with Gasteiger partial charge in [0.25, 0.3) is 5.91 Å². The van der Waals surface area contributed by atoms with Crippen molar-refractivity contribution < 1.29 is 24.0 Å². The molecule has 0 radical (unpaired) electrons. The lowest BCUT2D eigenvalue weighted by Crippen LogP contribution is -3.16. The molecule has 1 aliphatic rings. The molecule has 0 unspecified atom stereocenters. The maximum Gasteiger partial charge on any atom is 0.414 e. The second-order valence-corrected chi connectivity index (χ2v) is 5.38. The van der Waals surface area contributed by atoms with Gasteiger partial charge >= 0.3 is 6.09 Å². The van der Waals surface area contributed by atoms with E-state index in [9.17, 15) is 9.59 Å². The molecule has 126 valence electrons. The minimum Gasteiger partial charge on any atom is -0.497 e. The van der Waals surface area contributed by atoms with Crippen LogP contribution in [0.25, 0.3) is 0 Å². The van der Waals surface area contributed by atoms with Gasteiger partial charge in [-0.2, -0.15) is 0 Å². The van der Waals surface area contributed by atoms with Crippen molar-refractivity contribution in [2.24, 2.45) is 0 Å². The fourth-order valence-corrected chi connectivity index (χ4v) is 2.60. The third-order valence-electron chi connectivity index (χ3n) is 3.84. The molecule has 1 aliphatic heterocycles. The maximum absolute atomic E-state index is 11.8. The van der Waals surface area contributed by atoms with Crippen LogP contribution in [0.2, 0.25) is 0 Å². The Bertz CT molecular complexity index is 525. The zero-order chi connectivity index (χ0) is 16.7. The topological polar surface area (TPSA) is 72.3 Å². The van der Waals surface area contributed by atoms with Gasteiger partial charge in [-0.3, -0.25) is 10.1 Å². The summed E-state index contributed by atoms with van der Waals surface area (Å²) in [4.78, 5) is 26.4. The van der Waals surface area contributed by atoms with E-state index >= 15 is 0 Å². The van der Waals surface area contributed by atoms with E-state index in [2.05, 4.69) is 10.2 Å². The molecular formula is C16H24N3O4+. The predicted molar refractivity (Wildman–Crippen MR) is 85.9 cm³/mol. The molecule has 1 saturated heterocycles. The Hall–Kier alpha value is -2.28. The Morgan fingerprint density at radius 1 is 1.22 bits per heavy atom. The van der Waals surface area contributed by atoms with Crippen molar-refractivity contribution in [3.8, 4) is 5.75 Å². The van der Waals surface area contributed by atoms with E-state index in [1.54, 1.807) is 14.0 Å². The van der Waals surface area contributed by atoms with Crippen molar-refractivity contribution >= 4 is 17.7 Å². The summed E-state index contributed by atoms with van der Waals surface area (Å²) in [6.45, 7) is 5.68. The number of quaternary nitrogens is 1. The number of carbonyl (C=O) groups excluding carboxylic acids is 2. The van der Waals surface area contributed by atoms with Gasteiger partial charge in [0.15, 0.2) is 6.54 Å². The lowest BCUT2D eigenvalue weighted by molar-refractivity contribution is -0.892. The van der Waals surface area contributed by atoms with Gasteiger partial charge in [0.1, 0.15) is 5.75 Å². The van der Waals surface area contributed by atoms with Gasteiger partial charge in [0, 0.05) is 5.69 Å². The maximum atomic E-state index is 11.8. The molecule has 1 aromatic carbocycles. The van der Waals surface area contributed by atoms with Crippen LogP contribution in [0.1, 0.15) is 6.92 Å². The number of nitrogens with one attached hydrogen (secondary N) is 2. The molecule has 1 fully saturated rings. The van der Waals surface area contributed by atoms with E-state index in [0.29, 0.717) is 0 Å². The molecule has 0 atom stereocenters. The quantitative estimate of drug-likeness (QED) is 0.777. The van der Waals surface area contributed by atoms with E-state index in [1.807, 2.05) is 24.3 Å². The molecule has 7 nitrogen and oxygen atoms in total. The van der Waals surface area contributed by atoms with Crippen LogP contribution in [0.4, 0.5) is 10.5 Å². The number of amides is 2. The standard InChI is InChI=1S/C16H23N3O4/c1-3-23-16(21)17-15(20)12-18-8-10-19(11-9-18)13-4-6-14(22-2)7-5-13/h4-7H,3,8-12H2,1-2H3,(H,17,20,21)/p+1. The lowest BCUT2D eigenvalue weighted by atomic mass is 10.2. The number of imide groups is 1. The van der Waals surface area contributed by atoms with Gasteiger partial charge in [-0.05, 0) is 31.2 Å². The van der Waals surface area contributed by atoms with Gasteiger partial charge < -0.3 is 19.3 Å². The second kappa shape index (κ2) is 8.38. The smallest absolute Gasteiger partial charge is 0.414 e. The number of benzene rings is 1. The molecule has 1 aromatic rings. The molecule has 2 rings (SSSR count). The molecule has 0 aliphatic carbocycles. The molecule has 1 heterocycles. The number of ether oxygens (including phenoxy) is 2. The van der Waals surface area contributed by atoms with Crippen LogP contribution in [0.15, 0.2) is 24.3 Å². The normalized spacial score (nSPS) is 15.1. The summed E-state index contributed by atoms with van der Waals surface area (Å²) >= 11 is 0. The van der Waals surface area contributed by atoms with Crippen molar-refractivity contribution in [3.05, 3.63) is 24.3 Å².